The summed E-state index contributed by atoms with van der Waals surface area (Å²) in [6.07, 6.45) is 6.47. The molecule has 0 bridgehead atoms. The van der Waals surface area contributed by atoms with E-state index in [9.17, 15) is 0 Å². The maximum absolute atomic E-state index is 4.42. The molecule has 13 heavy (non-hydrogen) atoms. The van der Waals surface area contributed by atoms with Crippen LogP contribution in [0.1, 0.15) is 44.6 Å². The predicted octanol–water partition coefficient (Wildman–Crippen LogP) is 1.89. The predicted molar refractivity (Wildman–Crippen MR) is 52.6 cm³/mol. The highest BCUT2D eigenvalue weighted by atomic mass is 15.1. The molecule has 0 saturated carbocycles. The van der Waals surface area contributed by atoms with Crippen molar-refractivity contribution in [2.45, 2.75) is 38.8 Å². The molecule has 2 heterocycles. The first-order valence-electron chi connectivity index (χ1n) is 5.05. The molecule has 1 aromatic heterocycles. The van der Waals surface area contributed by atoms with Crippen LogP contribution in [-0.4, -0.2) is 16.1 Å². The summed E-state index contributed by atoms with van der Waals surface area (Å²) in [6.45, 7) is 5.52. The van der Waals surface area contributed by atoms with E-state index in [1.54, 1.807) is 0 Å². The number of nitrogens with zero attached hydrogens (tertiary/aromatic N) is 2. The van der Waals surface area contributed by atoms with Crippen LogP contribution >= 0.6 is 0 Å². The Labute approximate surface area is 79.2 Å². The minimum atomic E-state index is 0.484. The van der Waals surface area contributed by atoms with Crippen molar-refractivity contribution < 1.29 is 0 Å². The minimum absolute atomic E-state index is 0.484. The van der Waals surface area contributed by atoms with Gasteiger partial charge in [-0.2, -0.15) is 0 Å². The van der Waals surface area contributed by atoms with Crippen LogP contribution in [0.15, 0.2) is 12.4 Å². The number of hydrogen-bond acceptors (Lipinski definition) is 2. The van der Waals surface area contributed by atoms with Gasteiger partial charge < -0.3 is 9.88 Å². The molecule has 72 valence electrons. The highest BCUT2D eigenvalue weighted by molar-refractivity contribution is 5.02. The van der Waals surface area contributed by atoms with E-state index in [1.165, 1.54) is 18.7 Å². The zero-order chi connectivity index (χ0) is 9.26. The molecule has 1 unspecified atom stereocenters. The van der Waals surface area contributed by atoms with E-state index in [2.05, 4.69) is 34.9 Å². The lowest BCUT2D eigenvalue weighted by Gasteiger charge is -2.15. The molecule has 1 aliphatic rings. The van der Waals surface area contributed by atoms with E-state index < -0.39 is 0 Å². The molecular weight excluding hydrogens is 162 g/mol. The Kier molecular flexibility index (Phi) is 2.36. The Balaban J connectivity index is 2.23. The molecule has 3 heteroatoms. The summed E-state index contributed by atoms with van der Waals surface area (Å²) in [4.78, 5) is 4.42. The molecule has 1 aromatic rings. The van der Waals surface area contributed by atoms with Gasteiger partial charge in [0.2, 0.25) is 0 Å². The van der Waals surface area contributed by atoms with Gasteiger partial charge in [0.1, 0.15) is 5.82 Å². The quantitative estimate of drug-likeness (QED) is 0.751. The van der Waals surface area contributed by atoms with Crippen LogP contribution in [0.2, 0.25) is 0 Å². The highest BCUT2D eigenvalue weighted by Crippen LogP contribution is 2.23. The van der Waals surface area contributed by atoms with Crippen LogP contribution in [0.25, 0.3) is 0 Å². The minimum Gasteiger partial charge on any atom is -0.331 e. The van der Waals surface area contributed by atoms with Gasteiger partial charge in [-0.3, -0.25) is 0 Å². The number of imidazole rings is 1. The maximum Gasteiger partial charge on any atom is 0.126 e. The Morgan fingerprint density at radius 1 is 1.62 bits per heavy atom. The molecule has 2 rings (SSSR count). The van der Waals surface area contributed by atoms with Crippen molar-refractivity contribution >= 4 is 0 Å². The van der Waals surface area contributed by atoms with E-state index >= 15 is 0 Å². The van der Waals surface area contributed by atoms with Gasteiger partial charge in [0.05, 0.1) is 6.04 Å². The van der Waals surface area contributed by atoms with Crippen LogP contribution < -0.4 is 5.32 Å². The van der Waals surface area contributed by atoms with Gasteiger partial charge in [0.15, 0.2) is 0 Å². The zero-order valence-electron chi connectivity index (χ0n) is 8.33. The van der Waals surface area contributed by atoms with E-state index in [-0.39, 0.29) is 0 Å². The number of rotatable bonds is 2. The van der Waals surface area contributed by atoms with Gasteiger partial charge in [-0.1, -0.05) is 0 Å². The standard InChI is InChI=1S/C10H17N3/c1-8(2)13-7-6-12-10(13)9-4-3-5-11-9/h6-9,11H,3-5H2,1-2H3. The molecule has 1 saturated heterocycles. The molecule has 1 aliphatic heterocycles. The summed E-state index contributed by atoms with van der Waals surface area (Å²) in [5.41, 5.74) is 0. The van der Waals surface area contributed by atoms with Gasteiger partial charge in [-0.15, -0.1) is 0 Å². The van der Waals surface area contributed by atoms with Crippen molar-refractivity contribution in [3.63, 3.8) is 0 Å². The molecular formula is C10H17N3. The number of hydrogen-bond donors (Lipinski definition) is 1. The maximum atomic E-state index is 4.42. The van der Waals surface area contributed by atoms with Crippen molar-refractivity contribution in [3.05, 3.63) is 18.2 Å². The average molecular weight is 179 g/mol. The second-order valence-electron chi connectivity index (χ2n) is 3.94. The van der Waals surface area contributed by atoms with Crippen molar-refractivity contribution in [1.82, 2.24) is 14.9 Å². The normalized spacial score (nSPS) is 22.8. The van der Waals surface area contributed by atoms with E-state index in [0.717, 1.165) is 6.54 Å². The third-order valence-corrected chi connectivity index (χ3v) is 2.63. The topological polar surface area (TPSA) is 29.9 Å². The SMILES string of the molecule is CC(C)n1ccnc1C1CCCN1. The first kappa shape index (κ1) is 8.75. The van der Waals surface area contributed by atoms with E-state index in [4.69, 9.17) is 0 Å². The van der Waals surface area contributed by atoms with Gasteiger partial charge >= 0.3 is 0 Å². The second-order valence-corrected chi connectivity index (χ2v) is 3.94. The molecule has 1 fully saturated rings. The Morgan fingerprint density at radius 3 is 3.08 bits per heavy atom. The van der Waals surface area contributed by atoms with Gasteiger partial charge in [-0.25, -0.2) is 4.98 Å². The van der Waals surface area contributed by atoms with Gasteiger partial charge in [0, 0.05) is 18.4 Å². The zero-order valence-corrected chi connectivity index (χ0v) is 8.33. The van der Waals surface area contributed by atoms with Gasteiger partial charge in [0.25, 0.3) is 0 Å². The molecule has 3 nitrogen and oxygen atoms in total. The molecule has 0 aliphatic carbocycles. The van der Waals surface area contributed by atoms with Crippen LogP contribution in [0.5, 0.6) is 0 Å². The number of aromatic nitrogens is 2. The van der Waals surface area contributed by atoms with Crippen LogP contribution in [0.4, 0.5) is 0 Å². The largest absolute Gasteiger partial charge is 0.331 e. The van der Waals surface area contributed by atoms with Crippen molar-refractivity contribution in [2.24, 2.45) is 0 Å². The Bertz CT molecular complexity index is 271. The average Bonchev–Trinajstić information content (AvgIpc) is 2.74. The fourth-order valence-corrected chi connectivity index (χ4v) is 1.94. The first-order valence-corrected chi connectivity index (χ1v) is 5.05. The summed E-state index contributed by atoms with van der Waals surface area (Å²) >= 11 is 0. The third-order valence-electron chi connectivity index (χ3n) is 2.63. The fraction of sp³-hybridized carbons (Fsp3) is 0.700. The van der Waals surface area contributed by atoms with Crippen LogP contribution in [0, 0.1) is 0 Å². The number of nitrogens with one attached hydrogen (secondary N) is 1. The summed E-state index contributed by atoms with van der Waals surface area (Å²) in [6, 6.07) is 0.997. The molecule has 0 amide bonds. The van der Waals surface area contributed by atoms with Crippen molar-refractivity contribution in [1.29, 1.82) is 0 Å². The monoisotopic (exact) mass is 179 g/mol. The second kappa shape index (κ2) is 3.50. The lowest BCUT2D eigenvalue weighted by Crippen LogP contribution is -2.18. The summed E-state index contributed by atoms with van der Waals surface area (Å²) in [5.74, 6) is 1.20. The lowest BCUT2D eigenvalue weighted by atomic mass is 10.2. The van der Waals surface area contributed by atoms with E-state index in [0.29, 0.717) is 12.1 Å². The van der Waals surface area contributed by atoms with Crippen LogP contribution in [0.3, 0.4) is 0 Å². The third kappa shape index (κ3) is 1.61. The first-order chi connectivity index (χ1) is 6.29. The molecule has 0 radical (unpaired) electrons. The molecule has 1 atom stereocenters. The van der Waals surface area contributed by atoms with E-state index in [1.807, 2.05) is 6.20 Å². The Morgan fingerprint density at radius 2 is 2.46 bits per heavy atom. The van der Waals surface area contributed by atoms with Crippen molar-refractivity contribution in [2.75, 3.05) is 6.54 Å². The molecule has 1 N–H and O–H groups in total. The summed E-state index contributed by atoms with van der Waals surface area (Å²) < 4.78 is 2.25. The lowest BCUT2D eigenvalue weighted by molar-refractivity contribution is 0.507. The highest BCUT2D eigenvalue weighted by Gasteiger charge is 2.21. The van der Waals surface area contributed by atoms with Crippen molar-refractivity contribution in [3.8, 4) is 0 Å². The fourth-order valence-electron chi connectivity index (χ4n) is 1.94. The smallest absolute Gasteiger partial charge is 0.126 e. The Hall–Kier alpha value is -0.830. The summed E-state index contributed by atoms with van der Waals surface area (Å²) in [5, 5.41) is 3.47. The molecule has 0 aromatic carbocycles. The molecule has 0 spiro atoms. The van der Waals surface area contributed by atoms with Crippen LogP contribution in [-0.2, 0) is 0 Å². The van der Waals surface area contributed by atoms with Gasteiger partial charge in [-0.05, 0) is 33.2 Å². The summed E-state index contributed by atoms with van der Waals surface area (Å²) in [7, 11) is 0.